The molecule has 2 heterocycles. The van der Waals surface area contributed by atoms with Crippen LogP contribution >= 0.6 is 7.92 Å². The van der Waals surface area contributed by atoms with E-state index in [-0.39, 0.29) is 0 Å². The molecular weight excluding hydrogens is 589 g/mol. The molecule has 0 fully saturated rings. The van der Waals surface area contributed by atoms with E-state index in [1.807, 2.05) is 6.20 Å². The van der Waals surface area contributed by atoms with E-state index in [2.05, 4.69) is 191 Å². The van der Waals surface area contributed by atoms with Crippen molar-refractivity contribution in [2.24, 2.45) is 0 Å². The summed E-state index contributed by atoms with van der Waals surface area (Å²) in [5.74, 6) is 0. The first-order valence-corrected chi connectivity index (χ1v) is 17.5. The predicted molar refractivity (Wildman–Crippen MR) is 201 cm³/mol. The Morgan fingerprint density at radius 2 is 1.17 bits per heavy atom. The minimum absolute atomic E-state index is 0.694. The van der Waals surface area contributed by atoms with Crippen LogP contribution in [0.25, 0.3) is 33.2 Å². The molecule has 0 radical (unpaired) electrons. The Hall–Kier alpha value is -5.63. The molecule has 2 N–H and O–H groups in total. The van der Waals surface area contributed by atoms with Gasteiger partial charge < -0.3 is 14.9 Å². The Bertz CT molecular complexity index is 2200. The van der Waals surface area contributed by atoms with Crippen molar-refractivity contribution in [3.05, 3.63) is 188 Å². The molecule has 1 atom stereocenters. The Labute approximate surface area is 276 Å². The first kappa shape index (κ1) is 28.8. The molecule has 0 aliphatic rings. The topological polar surface area (TPSA) is 34.8 Å². The number of anilines is 3. The number of aromatic amines is 2. The Balaban J connectivity index is 1.26. The molecule has 6 aromatic carbocycles. The van der Waals surface area contributed by atoms with E-state index in [4.69, 9.17) is 0 Å². The highest BCUT2D eigenvalue weighted by Gasteiger charge is 2.21. The molecule has 0 aliphatic carbocycles. The van der Waals surface area contributed by atoms with E-state index >= 15 is 0 Å². The number of rotatable bonds is 9. The van der Waals surface area contributed by atoms with Crippen LogP contribution in [0.3, 0.4) is 0 Å². The average Bonchev–Trinajstić information content (AvgIpc) is 3.85. The quantitative estimate of drug-likeness (QED) is 0.154. The third-order valence-corrected chi connectivity index (χ3v) is 11.2. The number of H-pyrrole nitrogens is 2. The number of aromatic nitrogens is 2. The third kappa shape index (κ3) is 5.78. The smallest absolute Gasteiger partial charge is 0.0540 e. The minimum Gasteiger partial charge on any atom is -0.365 e. The summed E-state index contributed by atoms with van der Waals surface area (Å²) in [6.45, 7) is 0. The lowest BCUT2D eigenvalue weighted by molar-refractivity contribution is 1.23. The molecule has 0 bridgehead atoms. The fraction of sp³-hybridized carbons (Fsp3) is 0.0233. The molecule has 226 valence electrons. The lowest BCUT2D eigenvalue weighted by atomic mass is 9.93. The van der Waals surface area contributed by atoms with E-state index in [9.17, 15) is 0 Å². The van der Waals surface area contributed by atoms with Gasteiger partial charge in [0.25, 0.3) is 0 Å². The standard InChI is InChI=1S/C43H34N3P/c1-3-17-35(18-4-1)46(36-19-5-2-6-20-36)41-25-10-9-24-40(41)39-23-8-7-22-38(39)33-15-11-21-37(30-33)47(31-34-16-13-28-44-34)42-26-12-14-32-27-29-45-43(32)42/h1-30,44-45H,31H2. The van der Waals surface area contributed by atoms with Crippen LogP contribution in [0.4, 0.5) is 17.1 Å². The summed E-state index contributed by atoms with van der Waals surface area (Å²) in [5.41, 5.74) is 10.7. The number of hydrogen-bond acceptors (Lipinski definition) is 1. The van der Waals surface area contributed by atoms with Gasteiger partial charge in [0.15, 0.2) is 0 Å². The summed E-state index contributed by atoms with van der Waals surface area (Å²) in [6.07, 6.45) is 5.02. The zero-order chi connectivity index (χ0) is 31.4. The van der Waals surface area contributed by atoms with Crippen LogP contribution in [0.5, 0.6) is 0 Å². The maximum absolute atomic E-state index is 3.54. The summed E-state index contributed by atoms with van der Waals surface area (Å²) < 4.78 is 0. The fourth-order valence-electron chi connectivity index (χ4n) is 6.53. The number of hydrogen-bond donors (Lipinski definition) is 2. The Morgan fingerprint density at radius 3 is 1.91 bits per heavy atom. The SMILES string of the molecule is c1ccc(N(c2ccccc2)c2ccccc2-c2ccccc2-c2cccc(P(Cc3ccc[nH]3)c3cccc4cc[nH]c34)c2)cc1. The number of fused-ring (bicyclic) bond motifs is 1. The second-order valence-corrected chi connectivity index (χ2v) is 13.8. The molecule has 1 unspecified atom stereocenters. The van der Waals surface area contributed by atoms with Crippen LogP contribution in [0.2, 0.25) is 0 Å². The van der Waals surface area contributed by atoms with Crippen molar-refractivity contribution in [2.45, 2.75) is 6.16 Å². The van der Waals surface area contributed by atoms with Gasteiger partial charge in [-0.15, -0.1) is 0 Å². The van der Waals surface area contributed by atoms with Crippen LogP contribution < -0.4 is 15.5 Å². The van der Waals surface area contributed by atoms with Gasteiger partial charge in [0, 0.05) is 51.9 Å². The molecule has 0 spiro atoms. The molecule has 0 aliphatic heterocycles. The lowest BCUT2D eigenvalue weighted by Gasteiger charge is -2.28. The van der Waals surface area contributed by atoms with Crippen LogP contribution in [-0.2, 0) is 6.16 Å². The molecular formula is C43H34N3P. The second kappa shape index (κ2) is 13.0. The number of para-hydroxylation sites is 4. The van der Waals surface area contributed by atoms with E-state index in [0.29, 0.717) is 0 Å². The summed E-state index contributed by atoms with van der Waals surface area (Å²) in [4.78, 5) is 9.37. The molecule has 3 nitrogen and oxygen atoms in total. The van der Waals surface area contributed by atoms with Crippen molar-refractivity contribution in [1.82, 2.24) is 9.97 Å². The van der Waals surface area contributed by atoms with Crippen molar-refractivity contribution < 1.29 is 0 Å². The highest BCUT2D eigenvalue weighted by molar-refractivity contribution is 7.72. The summed E-state index contributed by atoms with van der Waals surface area (Å²) >= 11 is 0. The molecule has 47 heavy (non-hydrogen) atoms. The predicted octanol–water partition coefficient (Wildman–Crippen LogP) is 10.9. The van der Waals surface area contributed by atoms with Gasteiger partial charge in [-0.1, -0.05) is 115 Å². The van der Waals surface area contributed by atoms with Crippen molar-refractivity contribution in [2.75, 3.05) is 4.90 Å². The lowest BCUT2D eigenvalue weighted by Crippen LogP contribution is -2.15. The normalized spacial score (nSPS) is 11.8. The van der Waals surface area contributed by atoms with E-state index in [1.165, 1.54) is 49.5 Å². The first-order chi connectivity index (χ1) is 23.3. The number of nitrogens with zero attached hydrogens (tertiary/aromatic N) is 1. The van der Waals surface area contributed by atoms with Crippen molar-refractivity contribution >= 4 is 46.5 Å². The first-order valence-electron chi connectivity index (χ1n) is 16.0. The number of nitrogens with one attached hydrogen (secondary N) is 2. The highest BCUT2D eigenvalue weighted by atomic mass is 31.1. The van der Waals surface area contributed by atoms with Crippen molar-refractivity contribution in [3.63, 3.8) is 0 Å². The van der Waals surface area contributed by atoms with Gasteiger partial charge in [-0.3, -0.25) is 0 Å². The van der Waals surface area contributed by atoms with Crippen molar-refractivity contribution in [1.29, 1.82) is 0 Å². The zero-order valence-electron chi connectivity index (χ0n) is 25.9. The molecule has 0 saturated heterocycles. The monoisotopic (exact) mass is 623 g/mol. The highest BCUT2D eigenvalue weighted by Crippen LogP contribution is 2.44. The van der Waals surface area contributed by atoms with Gasteiger partial charge in [0.05, 0.1) is 11.2 Å². The van der Waals surface area contributed by atoms with Gasteiger partial charge in [-0.2, -0.15) is 0 Å². The Kier molecular flexibility index (Phi) is 7.97. The van der Waals surface area contributed by atoms with Crippen LogP contribution in [-0.4, -0.2) is 9.97 Å². The van der Waals surface area contributed by atoms with Gasteiger partial charge in [-0.25, -0.2) is 0 Å². The van der Waals surface area contributed by atoms with Gasteiger partial charge in [-0.05, 0) is 84.5 Å². The Morgan fingerprint density at radius 1 is 0.489 bits per heavy atom. The largest absolute Gasteiger partial charge is 0.365 e. The average molecular weight is 624 g/mol. The van der Waals surface area contributed by atoms with E-state index in [0.717, 1.165) is 23.2 Å². The minimum atomic E-state index is -0.694. The zero-order valence-corrected chi connectivity index (χ0v) is 26.8. The fourth-order valence-corrected chi connectivity index (χ4v) is 8.99. The van der Waals surface area contributed by atoms with Crippen molar-refractivity contribution in [3.8, 4) is 22.3 Å². The molecule has 4 heteroatoms. The van der Waals surface area contributed by atoms with Crippen LogP contribution in [0, 0.1) is 0 Å². The van der Waals surface area contributed by atoms with E-state index in [1.54, 1.807) is 0 Å². The summed E-state index contributed by atoms with van der Waals surface area (Å²) in [5, 5.41) is 3.97. The molecule has 0 saturated carbocycles. The maximum Gasteiger partial charge on any atom is 0.0540 e. The summed E-state index contributed by atoms with van der Waals surface area (Å²) in [7, 11) is -0.694. The van der Waals surface area contributed by atoms with Gasteiger partial charge >= 0.3 is 0 Å². The molecule has 0 amide bonds. The maximum atomic E-state index is 3.54. The van der Waals surface area contributed by atoms with Crippen LogP contribution in [0.1, 0.15) is 5.69 Å². The molecule has 8 aromatic rings. The third-order valence-electron chi connectivity index (χ3n) is 8.71. The van der Waals surface area contributed by atoms with Gasteiger partial charge in [0.1, 0.15) is 0 Å². The number of benzene rings is 6. The molecule has 2 aromatic heterocycles. The van der Waals surface area contributed by atoms with E-state index < -0.39 is 7.92 Å². The summed E-state index contributed by atoms with van der Waals surface area (Å²) in [6, 6.07) is 61.2. The second-order valence-electron chi connectivity index (χ2n) is 11.6. The van der Waals surface area contributed by atoms with Crippen LogP contribution in [0.15, 0.2) is 182 Å². The molecule has 8 rings (SSSR count). The van der Waals surface area contributed by atoms with Gasteiger partial charge in [0.2, 0.25) is 0 Å².